The van der Waals surface area contributed by atoms with Crippen LogP contribution in [0.15, 0.2) is 35.5 Å². The summed E-state index contributed by atoms with van der Waals surface area (Å²) in [6, 6.07) is 7.50. The number of carbonyl (C=O) groups is 2. The number of hydrogen-bond donors (Lipinski definition) is 2. The highest BCUT2D eigenvalue weighted by atomic mass is 16.5. The van der Waals surface area contributed by atoms with Gasteiger partial charge in [-0.1, -0.05) is 25.1 Å². The molecule has 2 heterocycles. The molecule has 120 valence electrons. The molecule has 2 atom stereocenters. The van der Waals surface area contributed by atoms with Gasteiger partial charge in [0.25, 0.3) is 5.91 Å². The van der Waals surface area contributed by atoms with Crippen molar-refractivity contribution in [2.24, 2.45) is 4.99 Å². The molecule has 3 rings (SSSR count). The number of amidine groups is 1. The number of urea groups is 1. The van der Waals surface area contributed by atoms with Crippen LogP contribution in [0.25, 0.3) is 10.9 Å². The number of aliphatic imine (C=N–C) groups is 1. The molecule has 7 nitrogen and oxygen atoms in total. The molecule has 2 unspecified atom stereocenters. The monoisotopic (exact) mass is 314 g/mol. The van der Waals surface area contributed by atoms with Crippen molar-refractivity contribution in [2.45, 2.75) is 18.9 Å². The van der Waals surface area contributed by atoms with Gasteiger partial charge in [0, 0.05) is 37.1 Å². The van der Waals surface area contributed by atoms with Gasteiger partial charge >= 0.3 is 12.1 Å². The van der Waals surface area contributed by atoms with E-state index in [9.17, 15) is 9.59 Å². The van der Waals surface area contributed by atoms with Crippen LogP contribution in [0.1, 0.15) is 18.4 Å². The van der Waals surface area contributed by atoms with Crippen molar-refractivity contribution in [3.05, 3.63) is 36.0 Å². The molecule has 0 radical (unpaired) electrons. The summed E-state index contributed by atoms with van der Waals surface area (Å²) >= 11 is 0. The minimum absolute atomic E-state index is 0.0195. The Kier molecular flexibility index (Phi) is 3.77. The van der Waals surface area contributed by atoms with Crippen LogP contribution < -0.4 is 5.32 Å². The summed E-state index contributed by atoms with van der Waals surface area (Å²) in [6.45, 7) is 1.91. The van der Waals surface area contributed by atoms with Gasteiger partial charge in [-0.25, -0.2) is 4.79 Å². The molecule has 2 N–H and O–H groups in total. The maximum atomic E-state index is 12.2. The van der Waals surface area contributed by atoms with Crippen LogP contribution in [0.4, 0.5) is 4.79 Å². The lowest BCUT2D eigenvalue weighted by molar-refractivity contribution is -0.123. The second kappa shape index (κ2) is 5.75. The third kappa shape index (κ3) is 2.54. The summed E-state index contributed by atoms with van der Waals surface area (Å²) < 4.78 is 5.64. The lowest BCUT2D eigenvalue weighted by Gasteiger charge is -2.20. The molecule has 0 bridgehead atoms. The Balaban J connectivity index is 1.83. The number of carbonyl (C=O) groups excluding carboxylic acids is 2. The van der Waals surface area contributed by atoms with Gasteiger partial charge in [-0.3, -0.25) is 9.69 Å². The zero-order valence-corrected chi connectivity index (χ0v) is 13.2. The molecule has 23 heavy (non-hydrogen) atoms. The van der Waals surface area contributed by atoms with Gasteiger partial charge in [-0.2, -0.15) is 4.99 Å². The fraction of sp³-hybridized carbons (Fsp3) is 0.312. The Morgan fingerprint density at radius 2 is 2.17 bits per heavy atom. The molecule has 0 fully saturated rings. The van der Waals surface area contributed by atoms with E-state index < -0.39 is 12.1 Å². The van der Waals surface area contributed by atoms with Crippen LogP contribution in [0, 0.1) is 0 Å². The Morgan fingerprint density at radius 1 is 1.43 bits per heavy atom. The second-order valence-corrected chi connectivity index (χ2v) is 5.46. The molecule has 2 aromatic rings. The van der Waals surface area contributed by atoms with Crippen molar-refractivity contribution >= 4 is 28.9 Å². The van der Waals surface area contributed by atoms with Crippen LogP contribution in [-0.2, 0) is 9.53 Å². The Hall–Kier alpha value is -2.83. The highest BCUT2D eigenvalue weighted by Gasteiger charge is 2.38. The van der Waals surface area contributed by atoms with Crippen molar-refractivity contribution < 1.29 is 14.3 Å². The van der Waals surface area contributed by atoms with E-state index in [-0.39, 0.29) is 17.8 Å². The summed E-state index contributed by atoms with van der Waals surface area (Å²) in [7, 11) is 3.01. The number of nitrogens with one attached hydrogen (secondary N) is 2. The van der Waals surface area contributed by atoms with Crippen LogP contribution in [0.5, 0.6) is 0 Å². The number of amides is 3. The average Bonchev–Trinajstić information content (AvgIpc) is 3.16. The first kappa shape index (κ1) is 15.1. The second-order valence-electron chi connectivity index (χ2n) is 5.46. The molecule has 0 spiro atoms. The van der Waals surface area contributed by atoms with Crippen molar-refractivity contribution in [3.63, 3.8) is 0 Å². The van der Waals surface area contributed by atoms with E-state index in [0.717, 1.165) is 16.5 Å². The molecule has 3 amide bonds. The number of fused-ring (bicyclic) bond motifs is 1. The maximum absolute atomic E-state index is 12.2. The third-order valence-corrected chi connectivity index (χ3v) is 4.05. The molecule has 1 aromatic carbocycles. The van der Waals surface area contributed by atoms with Crippen LogP contribution in [0.2, 0.25) is 0 Å². The first-order valence-corrected chi connectivity index (χ1v) is 7.33. The standard InChI is InChI=1S/C16H18N4O3/c1-9(11-8-18-12-7-5-4-6-10(11)12)13-14(21)19-16(23-13)20(3)15(22)17-2/h4-9,13,18H,1-3H3,(H,17,22). The largest absolute Gasteiger partial charge is 0.450 e. The van der Waals surface area contributed by atoms with E-state index in [4.69, 9.17) is 4.74 Å². The summed E-state index contributed by atoms with van der Waals surface area (Å²) in [6.07, 6.45) is 1.14. The van der Waals surface area contributed by atoms with E-state index in [2.05, 4.69) is 15.3 Å². The molecule has 1 aliphatic rings. The predicted molar refractivity (Wildman–Crippen MR) is 86.2 cm³/mol. The van der Waals surface area contributed by atoms with Crippen molar-refractivity contribution in [3.8, 4) is 0 Å². The molecule has 0 saturated heterocycles. The van der Waals surface area contributed by atoms with Gasteiger partial charge in [0.05, 0.1) is 0 Å². The van der Waals surface area contributed by atoms with E-state index in [1.165, 1.54) is 19.0 Å². The number of aromatic nitrogens is 1. The summed E-state index contributed by atoms with van der Waals surface area (Å²) in [5, 5.41) is 3.51. The molecule has 1 aliphatic heterocycles. The number of rotatable bonds is 2. The molecule has 7 heteroatoms. The zero-order valence-electron chi connectivity index (χ0n) is 13.2. The summed E-state index contributed by atoms with van der Waals surface area (Å²) in [5.74, 6) is -0.577. The van der Waals surface area contributed by atoms with E-state index >= 15 is 0 Å². The fourth-order valence-electron chi connectivity index (χ4n) is 2.71. The highest BCUT2D eigenvalue weighted by molar-refractivity contribution is 6.04. The Bertz CT molecular complexity index is 795. The predicted octanol–water partition coefficient (Wildman–Crippen LogP) is 1.82. The first-order valence-electron chi connectivity index (χ1n) is 7.33. The van der Waals surface area contributed by atoms with E-state index in [0.29, 0.717) is 0 Å². The Morgan fingerprint density at radius 3 is 2.91 bits per heavy atom. The van der Waals surface area contributed by atoms with Gasteiger partial charge in [0.1, 0.15) is 0 Å². The van der Waals surface area contributed by atoms with Gasteiger partial charge < -0.3 is 15.0 Å². The van der Waals surface area contributed by atoms with Crippen LogP contribution >= 0.6 is 0 Å². The SMILES string of the molecule is CNC(=O)N(C)C1=NC(=O)C(C(C)c2c[nH]c3ccccc23)O1. The number of nitrogens with zero attached hydrogens (tertiary/aromatic N) is 2. The molecule has 1 aromatic heterocycles. The number of H-pyrrole nitrogens is 1. The Labute approximate surface area is 133 Å². The fourth-order valence-corrected chi connectivity index (χ4v) is 2.71. The minimum atomic E-state index is -0.740. The van der Waals surface area contributed by atoms with Crippen molar-refractivity contribution in [1.29, 1.82) is 0 Å². The lowest BCUT2D eigenvalue weighted by atomic mass is 9.94. The van der Waals surface area contributed by atoms with Gasteiger partial charge in [-0.05, 0) is 11.6 Å². The van der Waals surface area contributed by atoms with Crippen molar-refractivity contribution in [2.75, 3.05) is 14.1 Å². The number of ether oxygens (including phenoxy) is 1. The van der Waals surface area contributed by atoms with E-state index in [1.54, 1.807) is 0 Å². The topological polar surface area (TPSA) is 86.8 Å². The summed E-state index contributed by atoms with van der Waals surface area (Å²) in [5.41, 5.74) is 1.99. The quantitative estimate of drug-likeness (QED) is 0.886. The normalized spacial score (nSPS) is 18.5. The smallest absolute Gasteiger partial charge is 0.324 e. The number of para-hydroxylation sites is 1. The molecule has 0 saturated carbocycles. The van der Waals surface area contributed by atoms with Crippen LogP contribution in [0.3, 0.4) is 0 Å². The van der Waals surface area contributed by atoms with Gasteiger partial charge in [-0.15, -0.1) is 0 Å². The van der Waals surface area contributed by atoms with Crippen LogP contribution in [-0.4, -0.2) is 48.0 Å². The average molecular weight is 314 g/mol. The number of aromatic amines is 1. The first-order chi connectivity index (χ1) is 11.0. The van der Waals surface area contributed by atoms with Crippen molar-refractivity contribution in [1.82, 2.24) is 15.2 Å². The third-order valence-electron chi connectivity index (χ3n) is 4.05. The summed E-state index contributed by atoms with van der Waals surface area (Å²) in [4.78, 5) is 32.0. The number of benzene rings is 1. The zero-order chi connectivity index (χ0) is 16.6. The van der Waals surface area contributed by atoms with Gasteiger partial charge in [0.15, 0.2) is 6.10 Å². The van der Waals surface area contributed by atoms with Gasteiger partial charge in [0.2, 0.25) is 0 Å². The number of hydrogen-bond acceptors (Lipinski definition) is 3. The van der Waals surface area contributed by atoms with E-state index in [1.807, 2.05) is 37.4 Å². The maximum Gasteiger partial charge on any atom is 0.324 e. The molecular weight excluding hydrogens is 296 g/mol. The molecule has 0 aliphatic carbocycles. The highest BCUT2D eigenvalue weighted by Crippen LogP contribution is 2.31. The minimum Gasteiger partial charge on any atom is -0.450 e. The lowest BCUT2D eigenvalue weighted by Crippen LogP contribution is -2.40. The molecular formula is C16H18N4O3.